The summed E-state index contributed by atoms with van der Waals surface area (Å²) in [4.78, 5) is 123. The van der Waals surface area contributed by atoms with Crippen LogP contribution in [-0.4, -0.2) is 167 Å². The van der Waals surface area contributed by atoms with Crippen molar-refractivity contribution in [3.8, 4) is 5.75 Å². The van der Waals surface area contributed by atoms with Crippen molar-refractivity contribution in [2.75, 3.05) is 52.1 Å². The van der Waals surface area contributed by atoms with Gasteiger partial charge in [-0.15, -0.1) is 11.8 Å². The number of likely N-dealkylation sites (tertiary alicyclic amines) is 2. The lowest BCUT2D eigenvalue weighted by Gasteiger charge is -2.42. The van der Waals surface area contributed by atoms with Crippen molar-refractivity contribution in [3.63, 3.8) is 0 Å². The number of allylic oxidation sites excluding steroid dienone is 3. The Bertz CT molecular complexity index is 2460. The van der Waals surface area contributed by atoms with Crippen LogP contribution in [0.15, 0.2) is 35.9 Å². The molecule has 4 bridgehead atoms. The summed E-state index contributed by atoms with van der Waals surface area (Å²) in [6, 6.07) is 2.38. The maximum atomic E-state index is 14.4. The van der Waals surface area contributed by atoms with Gasteiger partial charge in [0.15, 0.2) is 11.5 Å². The van der Waals surface area contributed by atoms with Crippen molar-refractivity contribution in [2.24, 2.45) is 17.8 Å². The average Bonchev–Trinajstić information content (AvgIpc) is 3.87. The summed E-state index contributed by atoms with van der Waals surface area (Å²) in [7, 11) is 5.86. The van der Waals surface area contributed by atoms with Gasteiger partial charge in [-0.3, -0.25) is 48.7 Å². The second kappa shape index (κ2) is 23.3. The summed E-state index contributed by atoms with van der Waals surface area (Å²) in [5, 5.41) is 13.8. The predicted octanol–water partition coefficient (Wildman–Crippen LogP) is 4.29. The van der Waals surface area contributed by atoms with E-state index in [0.29, 0.717) is 43.5 Å². The molecule has 1 saturated carbocycles. The third kappa shape index (κ3) is 12.3. The SMILES string of the molecule is COc1cc2cc(c1Cl)N(C)C(=O)C[C@H](OC(=O)[C@H](C)N(C)C(=O)CCS[C@@H]1CC(=O)N(CC3CCC(C(=O)CN4C(=O)CCC4=O)CC3)C1=O)[C@]1(C)O[C@H]1[C@H](C)[C@@H]1C[C@@](O)(NC(=O)O1)[C@H](OC)/C=C/C=C(\C)C2. The number of likely N-dealkylation sites (N-methyl/N-ethyl adjacent to an activating group) is 1. The molecule has 2 N–H and O–H groups in total. The number of carbonyl (C=O) groups excluding carboxylic acids is 9. The van der Waals surface area contributed by atoms with Crippen LogP contribution in [0.5, 0.6) is 5.75 Å². The Kier molecular flexibility index (Phi) is 17.7. The van der Waals surface area contributed by atoms with Crippen molar-refractivity contribution >= 4 is 82.3 Å². The molecular formula is C52H68ClN5O15S. The molecule has 5 heterocycles. The number of ether oxygens (including phenoxy) is 5. The van der Waals surface area contributed by atoms with E-state index < -0.39 is 83.2 Å². The number of anilines is 1. The molecular weight excluding hydrogens is 1000 g/mol. The summed E-state index contributed by atoms with van der Waals surface area (Å²) < 4.78 is 29.4. The first-order chi connectivity index (χ1) is 35.0. The molecule has 6 aliphatic rings. The number of rotatable bonds is 14. The van der Waals surface area contributed by atoms with Crippen LogP contribution < -0.4 is 15.0 Å². The minimum atomic E-state index is -1.89. The van der Waals surface area contributed by atoms with E-state index in [1.807, 2.05) is 13.0 Å². The Morgan fingerprint density at radius 3 is 2.35 bits per heavy atom. The molecule has 74 heavy (non-hydrogen) atoms. The zero-order chi connectivity index (χ0) is 54.0. The summed E-state index contributed by atoms with van der Waals surface area (Å²) in [6.07, 6.45) is 2.77. The maximum Gasteiger partial charge on any atom is 0.409 e. The lowest BCUT2D eigenvalue weighted by atomic mass is 9.79. The monoisotopic (exact) mass is 1070 g/mol. The highest BCUT2D eigenvalue weighted by Crippen LogP contribution is 2.49. The van der Waals surface area contributed by atoms with Gasteiger partial charge in [-0.2, -0.15) is 0 Å². The molecule has 7 rings (SSSR count). The number of imide groups is 2. The van der Waals surface area contributed by atoms with E-state index in [4.69, 9.17) is 35.3 Å². The zero-order valence-electron chi connectivity index (χ0n) is 43.2. The first-order valence-electron chi connectivity index (χ1n) is 25.1. The number of aliphatic hydroxyl groups is 1. The number of nitrogens with zero attached hydrogens (tertiary/aromatic N) is 4. The summed E-state index contributed by atoms with van der Waals surface area (Å²) in [5.74, 6) is -3.62. The lowest BCUT2D eigenvalue weighted by Crippen LogP contribution is -2.63. The highest BCUT2D eigenvalue weighted by Gasteiger charge is 2.64. The fourth-order valence-electron chi connectivity index (χ4n) is 10.7. The number of alkyl carbamates (subject to hydrolysis) is 1. The number of epoxide rings is 1. The number of fused-ring (bicyclic) bond motifs is 5. The molecule has 20 nitrogen and oxygen atoms in total. The van der Waals surface area contributed by atoms with E-state index in [1.165, 1.54) is 54.7 Å². The number of hydrogen-bond acceptors (Lipinski definition) is 16. The van der Waals surface area contributed by atoms with Gasteiger partial charge in [-0.1, -0.05) is 42.3 Å². The van der Waals surface area contributed by atoms with Gasteiger partial charge < -0.3 is 38.6 Å². The van der Waals surface area contributed by atoms with Gasteiger partial charge in [-0.05, 0) is 76.5 Å². The summed E-state index contributed by atoms with van der Waals surface area (Å²) >= 11 is 8.00. The molecule has 0 unspecified atom stereocenters. The number of thioether (sulfide) groups is 1. The van der Waals surface area contributed by atoms with Gasteiger partial charge in [0, 0.05) is 77.4 Å². The van der Waals surface area contributed by atoms with Crippen LogP contribution >= 0.6 is 23.4 Å². The van der Waals surface area contributed by atoms with E-state index in [0.717, 1.165) is 16.0 Å². The second-order valence-electron chi connectivity index (χ2n) is 20.6. The number of ketones is 1. The topological polar surface area (TPSA) is 248 Å². The average molecular weight is 1070 g/mol. The van der Waals surface area contributed by atoms with Crippen LogP contribution in [0, 0.1) is 17.8 Å². The molecule has 1 aromatic rings. The fraction of sp³-hybridized carbons (Fsp3) is 0.635. The van der Waals surface area contributed by atoms with Crippen LogP contribution in [-0.2, 0) is 63.7 Å². The minimum Gasteiger partial charge on any atom is -0.495 e. The highest BCUT2D eigenvalue weighted by molar-refractivity contribution is 8.00. The Morgan fingerprint density at radius 2 is 1.69 bits per heavy atom. The first-order valence-corrected chi connectivity index (χ1v) is 26.6. The van der Waals surface area contributed by atoms with Gasteiger partial charge in [0.2, 0.25) is 35.4 Å². The molecule has 22 heteroatoms. The normalized spacial score (nSPS) is 32.2. The van der Waals surface area contributed by atoms with Crippen LogP contribution in [0.4, 0.5) is 10.5 Å². The molecule has 404 valence electrons. The van der Waals surface area contributed by atoms with Crippen LogP contribution in [0.3, 0.4) is 0 Å². The van der Waals surface area contributed by atoms with E-state index in [9.17, 15) is 48.3 Å². The Hall–Kier alpha value is -5.35. The molecule has 0 aromatic heterocycles. The smallest absolute Gasteiger partial charge is 0.409 e. The third-order valence-electron chi connectivity index (χ3n) is 15.6. The van der Waals surface area contributed by atoms with Crippen molar-refractivity contribution in [3.05, 3.63) is 46.5 Å². The predicted molar refractivity (Wildman–Crippen MR) is 270 cm³/mol. The van der Waals surface area contributed by atoms with Gasteiger partial charge in [0.1, 0.15) is 40.7 Å². The van der Waals surface area contributed by atoms with Crippen molar-refractivity contribution < 1.29 is 71.9 Å². The number of amides is 7. The van der Waals surface area contributed by atoms with Crippen LogP contribution in [0.25, 0.3) is 0 Å². The quantitative estimate of drug-likeness (QED) is 0.150. The number of nitrogens with one attached hydrogen (secondary N) is 1. The molecule has 1 aromatic carbocycles. The van der Waals surface area contributed by atoms with E-state index >= 15 is 0 Å². The summed E-state index contributed by atoms with van der Waals surface area (Å²) in [6.45, 7) is 6.84. The van der Waals surface area contributed by atoms with Gasteiger partial charge >= 0.3 is 12.1 Å². The van der Waals surface area contributed by atoms with Gasteiger partial charge in [0.05, 0.1) is 37.1 Å². The summed E-state index contributed by atoms with van der Waals surface area (Å²) in [5.41, 5.74) is -1.21. The number of Topliss-reactive ketones (excluding diaryl/α,β-unsaturated/α-hetero) is 1. The molecule has 0 radical (unpaired) electrons. The fourth-order valence-corrected chi connectivity index (χ4v) is 12.1. The van der Waals surface area contributed by atoms with Gasteiger partial charge in [-0.25, -0.2) is 9.59 Å². The third-order valence-corrected chi connectivity index (χ3v) is 17.2. The Morgan fingerprint density at radius 1 is 1.00 bits per heavy atom. The zero-order valence-corrected chi connectivity index (χ0v) is 44.8. The molecule has 7 amide bonds. The second-order valence-corrected chi connectivity index (χ2v) is 22.3. The van der Waals surface area contributed by atoms with Crippen LogP contribution in [0.1, 0.15) is 97.5 Å². The molecule has 5 aliphatic heterocycles. The van der Waals surface area contributed by atoms with E-state index in [-0.39, 0.29) is 97.2 Å². The van der Waals surface area contributed by atoms with E-state index in [1.54, 1.807) is 45.2 Å². The standard InChI is InChI=1S/C52H68ClN5O15S/c1-28-10-9-11-39(70-8)52(68)25-37(71-50(67)54-52)29(2)47-51(4,73-47)40(24-44(63)56(6)34-21-32(20-28)22-36(69-7)46(34)53)72-49(66)30(3)55(5)41(60)18-19-74-38-23-45(64)58(48(38)65)26-31-12-14-33(15-13-31)35(59)27-57-42(61)16-17-43(57)62/h9-11,21-22,29-31,33,37-40,47,68H,12-20,23-27H2,1-8H3,(H,54,67)/b11-9+,28-10+/t29-,30+,31?,33?,37+,38-,39-,40+,47+,51+,52+/m1/s1. The van der Waals surface area contributed by atoms with Crippen molar-refractivity contribution in [1.29, 1.82) is 0 Å². The number of benzene rings is 1. The largest absolute Gasteiger partial charge is 0.495 e. The lowest BCUT2D eigenvalue weighted by molar-refractivity contribution is -0.162. The number of halogens is 1. The van der Waals surface area contributed by atoms with Crippen molar-refractivity contribution in [2.45, 2.75) is 145 Å². The first kappa shape index (κ1) is 56.4. The molecule has 4 saturated heterocycles. The maximum absolute atomic E-state index is 14.4. The highest BCUT2D eigenvalue weighted by atomic mass is 35.5. The van der Waals surface area contributed by atoms with E-state index in [2.05, 4.69) is 5.32 Å². The Labute approximate surface area is 440 Å². The molecule has 5 fully saturated rings. The number of carbonyl (C=O) groups is 9. The number of methoxy groups -OCH3 is 2. The minimum absolute atomic E-state index is 0.00187. The molecule has 0 spiro atoms. The van der Waals surface area contributed by atoms with Gasteiger partial charge in [0.25, 0.3) is 0 Å². The van der Waals surface area contributed by atoms with Crippen LogP contribution in [0.2, 0.25) is 5.02 Å². The number of hydrogen-bond donors (Lipinski definition) is 2. The van der Waals surface area contributed by atoms with Crippen molar-refractivity contribution in [1.82, 2.24) is 20.0 Å². The molecule has 9 atom stereocenters. The number of esters is 1. The Balaban J connectivity index is 0.986. The molecule has 1 aliphatic carbocycles.